The number of sulfonamides is 1. The van der Waals surface area contributed by atoms with E-state index in [0.29, 0.717) is 32.6 Å². The van der Waals surface area contributed by atoms with E-state index in [9.17, 15) is 8.42 Å². The molecule has 1 heterocycles. The molecule has 6 heteroatoms. The monoisotopic (exact) mass is 207 g/mol. The van der Waals surface area contributed by atoms with Gasteiger partial charge in [-0.05, 0) is 6.42 Å². The van der Waals surface area contributed by atoms with E-state index in [1.165, 1.54) is 4.31 Å². The molecule has 0 aromatic carbocycles. The standard InChI is InChI=1S/C7H17N3O2S/c1-2-7-13(11,12)10-5-3-9(8)4-6-10/h2-8H2,1H3. The van der Waals surface area contributed by atoms with Crippen LogP contribution >= 0.6 is 0 Å². The Hall–Kier alpha value is -0.170. The van der Waals surface area contributed by atoms with Crippen LogP contribution in [0.15, 0.2) is 0 Å². The largest absolute Gasteiger partial charge is 0.269 e. The average molecular weight is 207 g/mol. The van der Waals surface area contributed by atoms with Crippen LogP contribution in [0.2, 0.25) is 0 Å². The van der Waals surface area contributed by atoms with Crippen LogP contribution in [0.1, 0.15) is 13.3 Å². The third-order valence-corrected chi connectivity index (χ3v) is 4.20. The Bertz CT molecular complexity index is 244. The number of hydrazine groups is 1. The summed E-state index contributed by atoms with van der Waals surface area (Å²) in [7, 11) is -3.01. The van der Waals surface area contributed by atoms with Gasteiger partial charge in [-0.2, -0.15) is 4.31 Å². The second-order valence-electron chi connectivity index (χ2n) is 3.25. The van der Waals surface area contributed by atoms with Crippen molar-refractivity contribution in [2.45, 2.75) is 13.3 Å². The summed E-state index contributed by atoms with van der Waals surface area (Å²) >= 11 is 0. The quantitative estimate of drug-likeness (QED) is 0.616. The predicted molar refractivity (Wildman–Crippen MR) is 51.4 cm³/mol. The van der Waals surface area contributed by atoms with Gasteiger partial charge in [-0.15, -0.1) is 0 Å². The molecule has 0 radical (unpaired) electrons. The molecule has 2 N–H and O–H groups in total. The van der Waals surface area contributed by atoms with Crippen LogP contribution in [0.3, 0.4) is 0 Å². The molecule has 1 aliphatic heterocycles. The molecule has 0 saturated carbocycles. The molecule has 1 saturated heterocycles. The van der Waals surface area contributed by atoms with Crippen molar-refractivity contribution in [3.05, 3.63) is 0 Å². The minimum absolute atomic E-state index is 0.248. The lowest BCUT2D eigenvalue weighted by atomic mass is 10.4. The van der Waals surface area contributed by atoms with Gasteiger partial charge in [0.15, 0.2) is 0 Å². The third kappa shape index (κ3) is 2.91. The number of nitrogens with zero attached hydrogens (tertiary/aromatic N) is 2. The molecule has 1 aliphatic rings. The molecule has 0 aromatic heterocycles. The fraction of sp³-hybridized carbons (Fsp3) is 1.00. The molecule has 1 fully saturated rings. The van der Waals surface area contributed by atoms with Crippen molar-refractivity contribution >= 4 is 10.0 Å². The number of hydrogen-bond acceptors (Lipinski definition) is 4. The molecule has 1 rings (SSSR count). The Morgan fingerprint density at radius 2 is 1.77 bits per heavy atom. The van der Waals surface area contributed by atoms with Crippen LogP contribution in [0, 0.1) is 0 Å². The molecule has 0 bridgehead atoms. The van der Waals surface area contributed by atoms with Crippen molar-refractivity contribution in [2.75, 3.05) is 31.9 Å². The lowest BCUT2D eigenvalue weighted by molar-refractivity contribution is 0.192. The van der Waals surface area contributed by atoms with E-state index < -0.39 is 10.0 Å². The molecule has 0 spiro atoms. The zero-order chi connectivity index (χ0) is 9.90. The summed E-state index contributed by atoms with van der Waals surface area (Å²) in [6.07, 6.45) is 0.672. The van der Waals surface area contributed by atoms with Gasteiger partial charge in [-0.1, -0.05) is 6.92 Å². The van der Waals surface area contributed by atoms with Crippen molar-refractivity contribution in [1.82, 2.24) is 9.31 Å². The van der Waals surface area contributed by atoms with Gasteiger partial charge < -0.3 is 0 Å². The smallest absolute Gasteiger partial charge is 0.214 e. The first-order chi connectivity index (χ1) is 6.06. The molecule has 0 amide bonds. The minimum Gasteiger partial charge on any atom is -0.269 e. The number of nitrogens with two attached hydrogens (primary N) is 1. The Morgan fingerprint density at radius 3 is 2.23 bits per heavy atom. The van der Waals surface area contributed by atoms with E-state index in [1.54, 1.807) is 5.01 Å². The Labute approximate surface area is 79.5 Å². The molecule has 0 aromatic rings. The lowest BCUT2D eigenvalue weighted by Crippen LogP contribution is -2.51. The number of rotatable bonds is 3. The summed E-state index contributed by atoms with van der Waals surface area (Å²) in [5.41, 5.74) is 0. The first kappa shape index (κ1) is 10.9. The zero-order valence-corrected chi connectivity index (χ0v) is 8.76. The Kier molecular flexibility index (Phi) is 3.66. The second kappa shape index (κ2) is 4.36. The van der Waals surface area contributed by atoms with E-state index in [4.69, 9.17) is 5.84 Å². The average Bonchev–Trinajstić information content (AvgIpc) is 2.05. The summed E-state index contributed by atoms with van der Waals surface area (Å²) in [6.45, 7) is 4.18. The van der Waals surface area contributed by atoms with Crippen molar-refractivity contribution in [3.63, 3.8) is 0 Å². The minimum atomic E-state index is -3.01. The molecule has 78 valence electrons. The third-order valence-electron chi connectivity index (χ3n) is 2.13. The van der Waals surface area contributed by atoms with Crippen LogP contribution in [0.25, 0.3) is 0 Å². The van der Waals surface area contributed by atoms with Crippen molar-refractivity contribution in [2.24, 2.45) is 5.84 Å². The van der Waals surface area contributed by atoms with Gasteiger partial charge in [0.2, 0.25) is 10.0 Å². The Morgan fingerprint density at radius 1 is 1.23 bits per heavy atom. The van der Waals surface area contributed by atoms with Crippen molar-refractivity contribution in [3.8, 4) is 0 Å². The zero-order valence-electron chi connectivity index (χ0n) is 7.94. The van der Waals surface area contributed by atoms with E-state index in [2.05, 4.69) is 0 Å². The summed E-state index contributed by atoms with van der Waals surface area (Å²) in [5.74, 6) is 5.77. The highest BCUT2D eigenvalue weighted by Crippen LogP contribution is 2.06. The van der Waals surface area contributed by atoms with Crippen LogP contribution in [-0.2, 0) is 10.0 Å². The highest BCUT2D eigenvalue weighted by Gasteiger charge is 2.24. The fourth-order valence-corrected chi connectivity index (χ4v) is 2.86. The van der Waals surface area contributed by atoms with E-state index in [0.717, 1.165) is 0 Å². The van der Waals surface area contributed by atoms with Gasteiger partial charge in [0, 0.05) is 26.2 Å². The van der Waals surface area contributed by atoms with Crippen LogP contribution in [0.4, 0.5) is 0 Å². The molecular weight excluding hydrogens is 190 g/mol. The van der Waals surface area contributed by atoms with Gasteiger partial charge in [-0.25, -0.2) is 13.4 Å². The highest BCUT2D eigenvalue weighted by atomic mass is 32.2. The van der Waals surface area contributed by atoms with E-state index in [-0.39, 0.29) is 5.75 Å². The maximum Gasteiger partial charge on any atom is 0.214 e. The van der Waals surface area contributed by atoms with Gasteiger partial charge in [0.05, 0.1) is 5.75 Å². The number of piperazine rings is 1. The van der Waals surface area contributed by atoms with Crippen LogP contribution in [0.5, 0.6) is 0 Å². The van der Waals surface area contributed by atoms with E-state index in [1.807, 2.05) is 6.92 Å². The van der Waals surface area contributed by atoms with Crippen molar-refractivity contribution in [1.29, 1.82) is 0 Å². The number of hydrogen-bond donors (Lipinski definition) is 1. The second-order valence-corrected chi connectivity index (χ2v) is 5.34. The first-order valence-electron chi connectivity index (χ1n) is 4.53. The van der Waals surface area contributed by atoms with Gasteiger partial charge in [0.1, 0.15) is 0 Å². The fourth-order valence-electron chi connectivity index (χ4n) is 1.37. The molecule has 5 nitrogen and oxygen atoms in total. The summed E-state index contributed by atoms with van der Waals surface area (Å²) in [4.78, 5) is 0. The van der Waals surface area contributed by atoms with E-state index >= 15 is 0 Å². The van der Waals surface area contributed by atoms with Gasteiger partial charge in [0.25, 0.3) is 0 Å². The molecule has 0 atom stereocenters. The SMILES string of the molecule is CCCS(=O)(=O)N1CCN(N)CC1. The molecular formula is C7H17N3O2S. The molecule has 0 unspecified atom stereocenters. The highest BCUT2D eigenvalue weighted by molar-refractivity contribution is 7.89. The Balaban J connectivity index is 2.53. The first-order valence-corrected chi connectivity index (χ1v) is 6.14. The summed E-state index contributed by atoms with van der Waals surface area (Å²) in [5, 5.41) is 1.65. The van der Waals surface area contributed by atoms with Gasteiger partial charge >= 0.3 is 0 Å². The lowest BCUT2D eigenvalue weighted by Gasteiger charge is -2.31. The molecule has 0 aliphatic carbocycles. The maximum atomic E-state index is 11.6. The predicted octanol–water partition coefficient (Wildman–Crippen LogP) is -0.782. The topological polar surface area (TPSA) is 66.6 Å². The summed E-state index contributed by atoms with van der Waals surface area (Å²) < 4.78 is 24.6. The normalized spacial score (nSPS) is 22.0. The van der Waals surface area contributed by atoms with Crippen LogP contribution in [-0.4, -0.2) is 49.7 Å². The van der Waals surface area contributed by atoms with Gasteiger partial charge in [-0.3, -0.25) is 5.84 Å². The van der Waals surface area contributed by atoms with Crippen molar-refractivity contribution < 1.29 is 8.42 Å². The summed E-state index contributed by atoms with van der Waals surface area (Å²) in [6, 6.07) is 0. The maximum absolute atomic E-state index is 11.6. The molecule has 13 heavy (non-hydrogen) atoms. The van der Waals surface area contributed by atoms with Crippen LogP contribution < -0.4 is 5.84 Å².